The molecule has 0 spiro atoms. The van der Waals surface area contributed by atoms with Crippen molar-refractivity contribution in [3.8, 4) is 0 Å². The number of aliphatic hydroxyl groups excluding tert-OH is 2. The Hall–Kier alpha value is -0.500. The SMILES string of the molecule is CCC(C)(C)C(O)OCCOCOC1C2C=CC(CC2)C1C(O)O. The predicted octanol–water partition coefficient (Wildman–Crippen LogP) is 1.64. The van der Waals surface area contributed by atoms with Gasteiger partial charge in [0.05, 0.1) is 19.3 Å². The zero-order valence-electron chi connectivity index (χ0n) is 14.9. The van der Waals surface area contributed by atoms with Crippen LogP contribution >= 0.6 is 0 Å². The lowest BCUT2D eigenvalue weighted by Gasteiger charge is -2.45. The third-order valence-corrected chi connectivity index (χ3v) is 5.51. The molecule has 0 amide bonds. The van der Waals surface area contributed by atoms with E-state index in [1.54, 1.807) is 0 Å². The second-order valence-electron chi connectivity index (χ2n) is 7.50. The Bertz CT molecular complexity index is 408. The van der Waals surface area contributed by atoms with Gasteiger partial charge in [0.25, 0.3) is 0 Å². The number of ether oxygens (including phenoxy) is 3. The molecule has 0 radical (unpaired) electrons. The fourth-order valence-corrected chi connectivity index (χ4v) is 3.42. The van der Waals surface area contributed by atoms with Crippen molar-refractivity contribution in [1.29, 1.82) is 0 Å². The second-order valence-corrected chi connectivity index (χ2v) is 7.50. The summed E-state index contributed by atoms with van der Waals surface area (Å²) in [5, 5.41) is 29.2. The lowest BCUT2D eigenvalue weighted by Crippen LogP contribution is -2.48. The van der Waals surface area contributed by atoms with Gasteiger partial charge >= 0.3 is 0 Å². The highest BCUT2D eigenvalue weighted by Crippen LogP contribution is 2.43. The molecule has 0 aromatic rings. The standard InChI is InChI=1S/C18H32O6/c1-4-18(2,3)17(21)23-10-9-22-11-24-15-13-7-5-12(6-8-13)14(15)16(19)20/h5,7,12-17,19-21H,4,6,8-11H2,1-3H3. The molecule has 1 fully saturated rings. The Morgan fingerprint density at radius 3 is 2.33 bits per heavy atom. The number of rotatable bonds is 10. The van der Waals surface area contributed by atoms with Crippen LogP contribution in [0, 0.1) is 23.2 Å². The van der Waals surface area contributed by atoms with Crippen molar-refractivity contribution in [3.05, 3.63) is 12.2 Å². The maximum Gasteiger partial charge on any atom is 0.159 e. The molecule has 0 heterocycles. The quantitative estimate of drug-likeness (QED) is 0.317. The first kappa shape index (κ1) is 19.8. The van der Waals surface area contributed by atoms with Crippen molar-refractivity contribution in [2.75, 3.05) is 20.0 Å². The third-order valence-electron chi connectivity index (χ3n) is 5.51. The molecule has 0 saturated heterocycles. The van der Waals surface area contributed by atoms with Gasteiger partial charge in [-0.3, -0.25) is 0 Å². The Labute approximate surface area is 144 Å². The summed E-state index contributed by atoms with van der Waals surface area (Å²) in [5.41, 5.74) is -0.283. The van der Waals surface area contributed by atoms with Gasteiger partial charge in [0.1, 0.15) is 6.79 Å². The maximum atomic E-state index is 9.93. The van der Waals surface area contributed by atoms with Gasteiger partial charge in [-0.05, 0) is 25.2 Å². The van der Waals surface area contributed by atoms with E-state index in [2.05, 4.69) is 12.2 Å². The van der Waals surface area contributed by atoms with Gasteiger partial charge in [0.15, 0.2) is 12.6 Å². The lowest BCUT2D eigenvalue weighted by atomic mass is 9.67. The summed E-state index contributed by atoms with van der Waals surface area (Å²) in [6.45, 7) is 6.61. The van der Waals surface area contributed by atoms with E-state index in [1.165, 1.54) is 0 Å². The molecule has 5 unspecified atom stereocenters. The molecule has 2 bridgehead atoms. The first-order valence-electron chi connectivity index (χ1n) is 8.90. The second kappa shape index (κ2) is 8.74. The predicted molar refractivity (Wildman–Crippen MR) is 88.8 cm³/mol. The van der Waals surface area contributed by atoms with E-state index in [4.69, 9.17) is 14.2 Å². The lowest BCUT2D eigenvalue weighted by molar-refractivity contribution is -0.207. The summed E-state index contributed by atoms with van der Waals surface area (Å²) in [7, 11) is 0. The average Bonchev–Trinajstić information content (AvgIpc) is 2.58. The van der Waals surface area contributed by atoms with Crippen LogP contribution in [-0.2, 0) is 14.2 Å². The molecule has 6 nitrogen and oxygen atoms in total. The van der Waals surface area contributed by atoms with Crippen molar-refractivity contribution >= 4 is 0 Å². The van der Waals surface area contributed by atoms with Crippen LogP contribution in [0.5, 0.6) is 0 Å². The Kier molecular flexibility index (Phi) is 7.22. The van der Waals surface area contributed by atoms with Crippen LogP contribution in [0.1, 0.15) is 40.0 Å². The number of fused-ring (bicyclic) bond motifs is 2. The molecule has 3 aliphatic carbocycles. The van der Waals surface area contributed by atoms with E-state index in [1.807, 2.05) is 20.8 Å². The smallest absolute Gasteiger partial charge is 0.159 e. The van der Waals surface area contributed by atoms with E-state index in [0.717, 1.165) is 19.3 Å². The highest BCUT2D eigenvalue weighted by Gasteiger charge is 2.44. The van der Waals surface area contributed by atoms with Crippen molar-refractivity contribution < 1.29 is 29.5 Å². The van der Waals surface area contributed by atoms with Gasteiger partial charge < -0.3 is 29.5 Å². The molecule has 1 saturated carbocycles. The fourth-order valence-electron chi connectivity index (χ4n) is 3.42. The van der Waals surface area contributed by atoms with Gasteiger partial charge in [0.2, 0.25) is 0 Å². The molecule has 6 heteroatoms. The number of allylic oxidation sites excluding steroid dienone is 1. The van der Waals surface area contributed by atoms with Crippen molar-refractivity contribution in [2.45, 2.75) is 58.7 Å². The Morgan fingerprint density at radius 1 is 1.08 bits per heavy atom. The number of aliphatic hydroxyl groups is 3. The molecule has 0 aliphatic heterocycles. The summed E-state index contributed by atoms with van der Waals surface area (Å²) < 4.78 is 16.6. The molecule has 3 rings (SSSR count). The first-order valence-corrected chi connectivity index (χ1v) is 8.90. The molecule has 3 N–H and O–H groups in total. The summed E-state index contributed by atoms with van der Waals surface area (Å²) >= 11 is 0. The van der Waals surface area contributed by atoms with Gasteiger partial charge in [-0.2, -0.15) is 0 Å². The van der Waals surface area contributed by atoms with Crippen molar-refractivity contribution in [1.82, 2.24) is 0 Å². The molecule has 5 atom stereocenters. The van der Waals surface area contributed by atoms with Crippen molar-refractivity contribution in [2.24, 2.45) is 23.2 Å². The van der Waals surface area contributed by atoms with Crippen LogP contribution in [0.3, 0.4) is 0 Å². The van der Waals surface area contributed by atoms with Crippen LogP contribution in [0.25, 0.3) is 0 Å². The maximum absolute atomic E-state index is 9.93. The minimum absolute atomic E-state index is 0.0849. The van der Waals surface area contributed by atoms with E-state index in [0.29, 0.717) is 6.61 Å². The number of hydrogen-bond acceptors (Lipinski definition) is 6. The van der Waals surface area contributed by atoms with Crippen LogP contribution < -0.4 is 0 Å². The van der Waals surface area contributed by atoms with E-state index in [9.17, 15) is 15.3 Å². The van der Waals surface area contributed by atoms with E-state index >= 15 is 0 Å². The van der Waals surface area contributed by atoms with E-state index < -0.39 is 12.6 Å². The fraction of sp³-hybridized carbons (Fsp3) is 0.889. The third kappa shape index (κ3) is 4.77. The van der Waals surface area contributed by atoms with Gasteiger partial charge in [0, 0.05) is 17.3 Å². The minimum atomic E-state index is -1.37. The zero-order valence-corrected chi connectivity index (χ0v) is 14.9. The Balaban J connectivity index is 1.66. The molecule has 140 valence electrons. The molecular weight excluding hydrogens is 312 g/mol. The largest absolute Gasteiger partial charge is 0.368 e. The summed E-state index contributed by atoms with van der Waals surface area (Å²) in [6.07, 6.45) is 4.58. The van der Waals surface area contributed by atoms with E-state index in [-0.39, 0.29) is 42.7 Å². The monoisotopic (exact) mass is 344 g/mol. The average molecular weight is 344 g/mol. The highest BCUT2D eigenvalue weighted by atomic mass is 16.7. The summed E-state index contributed by atoms with van der Waals surface area (Å²) in [5.74, 6) is 0.0874. The van der Waals surface area contributed by atoms with Crippen LogP contribution in [0.4, 0.5) is 0 Å². The van der Waals surface area contributed by atoms with Gasteiger partial charge in [-0.15, -0.1) is 0 Å². The van der Waals surface area contributed by atoms with Gasteiger partial charge in [-0.25, -0.2) is 0 Å². The molecule has 0 aromatic heterocycles. The first-order chi connectivity index (χ1) is 11.4. The molecule has 0 aromatic carbocycles. The van der Waals surface area contributed by atoms with Crippen LogP contribution in [0.15, 0.2) is 12.2 Å². The molecule has 3 aliphatic rings. The summed E-state index contributed by atoms with van der Waals surface area (Å²) in [4.78, 5) is 0. The van der Waals surface area contributed by atoms with Crippen molar-refractivity contribution in [3.63, 3.8) is 0 Å². The molecular formula is C18H32O6. The topological polar surface area (TPSA) is 88.4 Å². The summed E-state index contributed by atoms with van der Waals surface area (Å²) in [6, 6.07) is 0. The van der Waals surface area contributed by atoms with Gasteiger partial charge in [-0.1, -0.05) is 32.9 Å². The van der Waals surface area contributed by atoms with Crippen LogP contribution in [0.2, 0.25) is 0 Å². The zero-order chi connectivity index (χ0) is 17.7. The van der Waals surface area contributed by atoms with Crippen LogP contribution in [-0.4, -0.2) is 54.0 Å². The normalized spacial score (nSPS) is 31.0. The Morgan fingerprint density at radius 2 is 1.75 bits per heavy atom. The molecule has 24 heavy (non-hydrogen) atoms. The number of hydrogen-bond donors (Lipinski definition) is 3. The highest BCUT2D eigenvalue weighted by molar-refractivity contribution is 5.11. The minimum Gasteiger partial charge on any atom is -0.368 e.